The molecule has 2 rings (SSSR count). The maximum absolute atomic E-state index is 12.3. The lowest BCUT2D eigenvalue weighted by atomic mass is 10.2. The van der Waals surface area contributed by atoms with Crippen LogP contribution in [0.1, 0.15) is 20.8 Å². The highest BCUT2D eigenvalue weighted by molar-refractivity contribution is 6.74. The Labute approximate surface area is 133 Å². The van der Waals surface area contributed by atoms with Gasteiger partial charge in [-0.3, -0.25) is 4.98 Å². The Morgan fingerprint density at radius 1 is 0.955 bits per heavy atom. The summed E-state index contributed by atoms with van der Waals surface area (Å²) in [5.41, 5.74) is 1.31. The van der Waals surface area contributed by atoms with Crippen LogP contribution in [0, 0.1) is 5.21 Å². The molecule has 0 aliphatic carbocycles. The first-order valence-electron chi connectivity index (χ1n) is 7.44. The molecule has 0 amide bonds. The van der Waals surface area contributed by atoms with Gasteiger partial charge in [-0.05, 0) is 30.3 Å². The van der Waals surface area contributed by atoms with Crippen molar-refractivity contribution in [3.8, 4) is 5.75 Å². The van der Waals surface area contributed by atoms with Crippen molar-refractivity contribution >= 4 is 19.7 Å². The summed E-state index contributed by atoms with van der Waals surface area (Å²) in [7, 11) is -1.85. The lowest BCUT2D eigenvalue weighted by Gasteiger charge is -2.36. The minimum atomic E-state index is -1.85. The molecule has 0 saturated carbocycles. The van der Waals surface area contributed by atoms with Gasteiger partial charge in [0.2, 0.25) is 8.32 Å². The van der Waals surface area contributed by atoms with Crippen molar-refractivity contribution in [1.82, 2.24) is 4.98 Å². The van der Waals surface area contributed by atoms with Crippen molar-refractivity contribution < 1.29 is 9.49 Å². The first kappa shape index (κ1) is 16.7. The van der Waals surface area contributed by atoms with Crippen molar-refractivity contribution in [2.75, 3.05) is 0 Å². The van der Waals surface area contributed by atoms with Crippen LogP contribution < -0.4 is 9.49 Å². The number of nitrogens with one attached hydrogen (secondary N) is 1. The summed E-state index contributed by atoms with van der Waals surface area (Å²) in [6.45, 7) is 11.0. The number of hydrogen-bond acceptors (Lipinski definition) is 3. The number of rotatable bonds is 4. The van der Waals surface area contributed by atoms with Gasteiger partial charge in [0.15, 0.2) is 0 Å². The smallest absolute Gasteiger partial charge is 0.250 e. The Balaban J connectivity index is 2.14. The molecule has 1 aromatic carbocycles. The second-order valence-corrected chi connectivity index (χ2v) is 11.7. The highest BCUT2D eigenvalue weighted by atomic mass is 28.4. The van der Waals surface area contributed by atoms with Crippen LogP contribution in [0.25, 0.3) is 0 Å². The summed E-state index contributed by atoms with van der Waals surface area (Å²) < 4.78 is 6.22. The molecular formula is C17H24N2O2Si. The second kappa shape index (κ2) is 6.20. The molecule has 0 aliphatic heterocycles. The van der Waals surface area contributed by atoms with Crippen LogP contribution in [-0.4, -0.2) is 13.3 Å². The molecule has 0 aliphatic rings. The molecule has 0 spiro atoms. The molecule has 0 saturated heterocycles. The number of pyridine rings is 1. The predicted molar refractivity (Wildman–Crippen MR) is 92.2 cm³/mol. The number of hydrogen-bond donors (Lipinski definition) is 1. The summed E-state index contributed by atoms with van der Waals surface area (Å²) in [6, 6.07) is 10.9. The molecule has 1 heterocycles. The summed E-state index contributed by atoms with van der Waals surface area (Å²) in [6.07, 6.45) is 3.25. The van der Waals surface area contributed by atoms with Crippen molar-refractivity contribution in [3.63, 3.8) is 0 Å². The SMILES string of the molecule is CC(C)(C)[Si](C)(C)Oc1ccc([NH+]([O-])c2ccncc2)cc1. The molecule has 5 heteroatoms. The monoisotopic (exact) mass is 316 g/mol. The maximum Gasteiger partial charge on any atom is 0.250 e. The fourth-order valence-corrected chi connectivity index (χ4v) is 2.82. The summed E-state index contributed by atoms with van der Waals surface area (Å²) >= 11 is 0. The van der Waals surface area contributed by atoms with E-state index in [4.69, 9.17) is 4.43 Å². The van der Waals surface area contributed by atoms with Crippen LogP contribution in [0.15, 0.2) is 48.8 Å². The zero-order valence-electron chi connectivity index (χ0n) is 13.9. The molecule has 4 nitrogen and oxygen atoms in total. The third kappa shape index (κ3) is 3.74. The third-order valence-corrected chi connectivity index (χ3v) is 8.60. The molecule has 1 atom stereocenters. The molecule has 2 aromatic rings. The van der Waals surface area contributed by atoms with Crippen LogP contribution in [0.5, 0.6) is 5.75 Å². The highest BCUT2D eigenvalue weighted by Crippen LogP contribution is 2.37. The quantitative estimate of drug-likeness (QED) is 0.689. The lowest BCUT2D eigenvalue weighted by molar-refractivity contribution is -0.698. The van der Waals surface area contributed by atoms with Crippen LogP contribution >= 0.6 is 0 Å². The van der Waals surface area contributed by atoms with Gasteiger partial charge in [0, 0.05) is 36.7 Å². The minimum absolute atomic E-state index is 0.00118. The Morgan fingerprint density at radius 3 is 1.95 bits per heavy atom. The van der Waals surface area contributed by atoms with Gasteiger partial charge in [-0.15, -0.1) is 0 Å². The molecule has 0 radical (unpaired) electrons. The maximum atomic E-state index is 12.3. The lowest BCUT2D eigenvalue weighted by Crippen LogP contribution is -2.96. The van der Waals surface area contributed by atoms with E-state index >= 15 is 0 Å². The standard InChI is InChI=1S/C17H24N2O2Si/c1-17(2,3)22(4,5)21-16-8-6-14(7-9-16)19(20)15-10-12-18-13-11-15/h6-13,19H,1-5H3. The average Bonchev–Trinajstić information content (AvgIpc) is 2.47. The number of nitrogens with zero attached hydrogens (tertiary/aromatic N) is 1. The average molecular weight is 316 g/mol. The zero-order chi connectivity index (χ0) is 16.4. The van der Waals surface area contributed by atoms with E-state index in [-0.39, 0.29) is 10.1 Å². The van der Waals surface area contributed by atoms with E-state index in [1.807, 2.05) is 24.3 Å². The number of benzene rings is 1. The highest BCUT2D eigenvalue weighted by Gasteiger charge is 2.38. The van der Waals surface area contributed by atoms with Crippen LogP contribution in [0.4, 0.5) is 11.4 Å². The van der Waals surface area contributed by atoms with Crippen LogP contribution in [0.3, 0.4) is 0 Å². The molecule has 0 bridgehead atoms. The van der Waals surface area contributed by atoms with Crippen molar-refractivity contribution in [1.29, 1.82) is 0 Å². The Morgan fingerprint density at radius 2 is 1.45 bits per heavy atom. The largest absolute Gasteiger partial charge is 0.623 e. The van der Waals surface area contributed by atoms with E-state index in [9.17, 15) is 5.21 Å². The van der Waals surface area contributed by atoms with E-state index < -0.39 is 8.32 Å². The second-order valence-electron chi connectivity index (χ2n) is 6.95. The third-order valence-electron chi connectivity index (χ3n) is 4.24. The minimum Gasteiger partial charge on any atom is -0.623 e. The van der Waals surface area contributed by atoms with Gasteiger partial charge < -0.3 is 14.7 Å². The van der Waals surface area contributed by atoms with Crippen molar-refractivity contribution in [2.24, 2.45) is 0 Å². The van der Waals surface area contributed by atoms with E-state index in [0.717, 1.165) is 5.75 Å². The van der Waals surface area contributed by atoms with Crippen LogP contribution in [0.2, 0.25) is 18.1 Å². The summed E-state index contributed by atoms with van der Waals surface area (Å²) in [5.74, 6) is 0.831. The number of aromatic nitrogens is 1. The molecule has 0 fully saturated rings. The van der Waals surface area contributed by atoms with Gasteiger partial charge in [0.1, 0.15) is 17.1 Å². The fourth-order valence-electron chi connectivity index (χ4n) is 1.79. The first-order valence-corrected chi connectivity index (χ1v) is 10.4. The summed E-state index contributed by atoms with van der Waals surface area (Å²) in [5, 5.41) is 12.5. The van der Waals surface area contributed by atoms with Gasteiger partial charge in [-0.25, -0.2) is 0 Å². The van der Waals surface area contributed by atoms with E-state index in [0.29, 0.717) is 11.4 Å². The number of quaternary nitrogens is 1. The van der Waals surface area contributed by atoms with Crippen molar-refractivity contribution in [2.45, 2.75) is 38.9 Å². The molecule has 1 aromatic heterocycles. The van der Waals surface area contributed by atoms with Gasteiger partial charge >= 0.3 is 0 Å². The van der Waals surface area contributed by atoms with E-state index in [1.165, 1.54) is 0 Å². The fraction of sp³-hybridized carbons (Fsp3) is 0.353. The summed E-state index contributed by atoms with van der Waals surface area (Å²) in [4.78, 5) is 3.93. The Kier molecular flexibility index (Phi) is 4.70. The van der Waals surface area contributed by atoms with E-state index in [1.54, 1.807) is 24.5 Å². The molecule has 1 unspecified atom stereocenters. The Hall–Kier alpha value is -1.69. The normalized spacial score (nSPS) is 13.7. The molecule has 22 heavy (non-hydrogen) atoms. The van der Waals surface area contributed by atoms with Crippen LogP contribution in [-0.2, 0) is 0 Å². The van der Waals surface area contributed by atoms with Gasteiger partial charge in [-0.2, -0.15) is 0 Å². The van der Waals surface area contributed by atoms with Crippen molar-refractivity contribution in [3.05, 3.63) is 54.0 Å². The van der Waals surface area contributed by atoms with E-state index in [2.05, 4.69) is 38.8 Å². The predicted octanol–water partition coefficient (Wildman–Crippen LogP) is 3.81. The molecule has 118 valence electrons. The van der Waals surface area contributed by atoms with Gasteiger partial charge in [-0.1, -0.05) is 20.8 Å². The van der Waals surface area contributed by atoms with Gasteiger partial charge in [0.25, 0.3) is 0 Å². The molecular weight excluding hydrogens is 292 g/mol. The molecule has 1 N–H and O–H groups in total. The zero-order valence-corrected chi connectivity index (χ0v) is 14.9. The van der Waals surface area contributed by atoms with Gasteiger partial charge in [0.05, 0.1) is 0 Å². The topological polar surface area (TPSA) is 49.6 Å². The first-order chi connectivity index (χ1) is 10.2. The Bertz CT molecular complexity index is 607.